The van der Waals surface area contributed by atoms with Gasteiger partial charge in [-0.1, -0.05) is 25.1 Å². The Bertz CT molecular complexity index is 1100. The van der Waals surface area contributed by atoms with Crippen LogP contribution in [0.4, 0.5) is 0 Å². The maximum absolute atomic E-state index is 12.3. The molecule has 0 radical (unpaired) electrons. The van der Waals surface area contributed by atoms with Gasteiger partial charge >= 0.3 is 0 Å². The molecule has 158 valence electrons. The molecule has 1 N–H and O–H groups in total. The Hall–Kier alpha value is -2.67. The number of amides is 1. The Kier molecular flexibility index (Phi) is 5.90. The van der Waals surface area contributed by atoms with Gasteiger partial charge in [-0.05, 0) is 49.4 Å². The van der Waals surface area contributed by atoms with E-state index in [-0.39, 0.29) is 17.9 Å². The fourth-order valence-electron chi connectivity index (χ4n) is 4.18. The SMILES string of the molecule is CON=Cc1ccc2c(c1)c1c(n2Cc2csc(C)n2)CC[C@@H](NC(=O)C(C)C)C1. The van der Waals surface area contributed by atoms with Gasteiger partial charge in [0.2, 0.25) is 5.91 Å². The van der Waals surface area contributed by atoms with E-state index >= 15 is 0 Å². The molecule has 1 amide bonds. The number of oxime groups is 1. The number of nitrogens with one attached hydrogen (secondary N) is 1. The van der Waals surface area contributed by atoms with Crippen LogP contribution in [0.5, 0.6) is 0 Å². The highest BCUT2D eigenvalue weighted by molar-refractivity contribution is 7.09. The maximum atomic E-state index is 12.3. The average Bonchev–Trinajstić information content (AvgIpc) is 3.27. The Morgan fingerprint density at radius 2 is 2.30 bits per heavy atom. The van der Waals surface area contributed by atoms with E-state index < -0.39 is 0 Å². The minimum atomic E-state index is -0.00231. The fourth-order valence-corrected chi connectivity index (χ4v) is 4.78. The lowest BCUT2D eigenvalue weighted by atomic mass is 9.90. The van der Waals surface area contributed by atoms with Crippen molar-refractivity contribution in [2.24, 2.45) is 11.1 Å². The Labute approximate surface area is 180 Å². The van der Waals surface area contributed by atoms with Gasteiger partial charge in [0, 0.05) is 33.9 Å². The van der Waals surface area contributed by atoms with Crippen molar-refractivity contribution in [2.75, 3.05) is 7.11 Å². The number of aryl methyl sites for hydroxylation is 1. The second-order valence-electron chi connectivity index (χ2n) is 8.17. The first-order valence-electron chi connectivity index (χ1n) is 10.4. The summed E-state index contributed by atoms with van der Waals surface area (Å²) in [6.45, 7) is 6.69. The first kappa shape index (κ1) is 20.6. The summed E-state index contributed by atoms with van der Waals surface area (Å²) in [7, 11) is 1.55. The summed E-state index contributed by atoms with van der Waals surface area (Å²) in [4.78, 5) is 21.8. The molecular formula is C23H28N4O2S. The predicted octanol–water partition coefficient (Wildman–Crippen LogP) is 4.06. The summed E-state index contributed by atoms with van der Waals surface area (Å²) in [5.74, 6) is 0.121. The number of benzene rings is 1. The first-order valence-corrected chi connectivity index (χ1v) is 11.3. The normalized spacial score (nSPS) is 16.4. The quantitative estimate of drug-likeness (QED) is 0.479. The van der Waals surface area contributed by atoms with E-state index in [9.17, 15) is 4.79 Å². The zero-order valence-corrected chi connectivity index (χ0v) is 18.8. The molecule has 2 aromatic heterocycles. The highest BCUT2D eigenvalue weighted by Crippen LogP contribution is 2.33. The fraction of sp³-hybridized carbons (Fsp3) is 0.435. The number of hydrogen-bond donors (Lipinski definition) is 1. The van der Waals surface area contributed by atoms with Crippen LogP contribution in [0.1, 0.15) is 47.8 Å². The Morgan fingerprint density at radius 3 is 3.00 bits per heavy atom. The van der Waals surface area contributed by atoms with E-state index in [1.165, 1.54) is 22.2 Å². The molecule has 30 heavy (non-hydrogen) atoms. The van der Waals surface area contributed by atoms with Crippen LogP contribution >= 0.6 is 11.3 Å². The van der Waals surface area contributed by atoms with Gasteiger partial charge in [0.05, 0.1) is 23.5 Å². The van der Waals surface area contributed by atoms with Crippen LogP contribution in [0.3, 0.4) is 0 Å². The molecule has 1 atom stereocenters. The van der Waals surface area contributed by atoms with Crippen molar-refractivity contribution in [1.29, 1.82) is 0 Å². The Balaban J connectivity index is 1.75. The molecule has 2 heterocycles. The van der Waals surface area contributed by atoms with Gasteiger partial charge in [-0.3, -0.25) is 4.79 Å². The monoisotopic (exact) mass is 424 g/mol. The summed E-state index contributed by atoms with van der Waals surface area (Å²) < 4.78 is 2.40. The van der Waals surface area contributed by atoms with Gasteiger partial charge < -0.3 is 14.7 Å². The summed E-state index contributed by atoms with van der Waals surface area (Å²) in [5.41, 5.74) is 5.98. The zero-order valence-electron chi connectivity index (χ0n) is 17.9. The highest BCUT2D eigenvalue weighted by Gasteiger charge is 2.27. The second kappa shape index (κ2) is 8.60. The van der Waals surface area contributed by atoms with Gasteiger partial charge in [-0.2, -0.15) is 0 Å². The van der Waals surface area contributed by atoms with Gasteiger partial charge in [-0.15, -0.1) is 11.3 Å². The number of aromatic nitrogens is 2. The standard InChI is InChI=1S/C23H28N4O2S/c1-14(2)23(28)26-17-6-8-22-20(10-17)19-9-16(11-24-29-4)5-7-21(19)27(22)12-18-13-30-15(3)25-18/h5,7,9,11,13-14,17H,6,8,10,12H2,1-4H3,(H,26,28)/t17-/m1/s1. The molecule has 0 bridgehead atoms. The summed E-state index contributed by atoms with van der Waals surface area (Å²) in [6, 6.07) is 6.57. The summed E-state index contributed by atoms with van der Waals surface area (Å²) >= 11 is 1.69. The number of hydrogen-bond acceptors (Lipinski definition) is 5. The topological polar surface area (TPSA) is 68.5 Å². The maximum Gasteiger partial charge on any atom is 0.222 e. The van der Waals surface area contributed by atoms with E-state index in [1.807, 2.05) is 20.8 Å². The third-order valence-corrected chi connectivity index (χ3v) is 6.48. The number of carbonyl (C=O) groups excluding carboxylic acids is 1. The van der Waals surface area contributed by atoms with Gasteiger partial charge in [0.1, 0.15) is 7.11 Å². The molecule has 4 rings (SSSR count). The predicted molar refractivity (Wildman–Crippen MR) is 121 cm³/mol. The van der Waals surface area contributed by atoms with Crippen LogP contribution in [-0.2, 0) is 29.0 Å². The number of carbonyl (C=O) groups is 1. The van der Waals surface area contributed by atoms with Gasteiger partial charge in [0.25, 0.3) is 0 Å². The molecule has 0 aliphatic heterocycles. The summed E-state index contributed by atoms with van der Waals surface area (Å²) in [5, 5.41) is 11.6. The van der Waals surface area contributed by atoms with E-state index in [0.29, 0.717) is 0 Å². The lowest BCUT2D eigenvalue weighted by Crippen LogP contribution is -2.41. The highest BCUT2D eigenvalue weighted by atomic mass is 32.1. The second-order valence-corrected chi connectivity index (χ2v) is 9.23. The van der Waals surface area contributed by atoms with Crippen LogP contribution in [0.15, 0.2) is 28.7 Å². The zero-order chi connectivity index (χ0) is 21.3. The first-order chi connectivity index (χ1) is 14.5. The molecule has 0 unspecified atom stereocenters. The molecule has 0 spiro atoms. The molecule has 0 saturated heterocycles. The molecule has 6 nitrogen and oxygen atoms in total. The van der Waals surface area contributed by atoms with E-state index in [4.69, 9.17) is 4.84 Å². The third-order valence-electron chi connectivity index (χ3n) is 5.66. The van der Waals surface area contributed by atoms with E-state index in [0.717, 1.165) is 42.1 Å². The van der Waals surface area contributed by atoms with Crippen LogP contribution in [0, 0.1) is 12.8 Å². The smallest absolute Gasteiger partial charge is 0.222 e. The minimum absolute atomic E-state index is 0.00231. The van der Waals surface area contributed by atoms with Crippen molar-refractivity contribution < 1.29 is 9.63 Å². The van der Waals surface area contributed by atoms with Crippen molar-refractivity contribution in [3.63, 3.8) is 0 Å². The van der Waals surface area contributed by atoms with Crippen LogP contribution in [-0.4, -0.2) is 34.8 Å². The lowest BCUT2D eigenvalue weighted by molar-refractivity contribution is -0.124. The van der Waals surface area contributed by atoms with Crippen molar-refractivity contribution in [3.8, 4) is 0 Å². The number of nitrogens with zero attached hydrogens (tertiary/aromatic N) is 3. The van der Waals surface area contributed by atoms with Crippen molar-refractivity contribution >= 4 is 34.4 Å². The molecule has 7 heteroatoms. The average molecular weight is 425 g/mol. The molecule has 1 aliphatic rings. The van der Waals surface area contributed by atoms with E-state index in [2.05, 4.69) is 43.6 Å². The van der Waals surface area contributed by atoms with Crippen LogP contribution in [0.25, 0.3) is 10.9 Å². The number of fused-ring (bicyclic) bond motifs is 3. The van der Waals surface area contributed by atoms with Crippen molar-refractivity contribution in [2.45, 2.75) is 52.6 Å². The minimum Gasteiger partial charge on any atom is -0.399 e. The molecule has 1 aliphatic carbocycles. The van der Waals surface area contributed by atoms with Crippen LogP contribution < -0.4 is 5.32 Å². The molecule has 3 aromatic rings. The molecule has 1 aromatic carbocycles. The molecule has 0 saturated carbocycles. The van der Waals surface area contributed by atoms with Crippen molar-refractivity contribution in [1.82, 2.24) is 14.9 Å². The van der Waals surface area contributed by atoms with Gasteiger partial charge in [-0.25, -0.2) is 4.98 Å². The van der Waals surface area contributed by atoms with Crippen LogP contribution in [0.2, 0.25) is 0 Å². The molecular weight excluding hydrogens is 396 g/mol. The largest absolute Gasteiger partial charge is 0.399 e. The third kappa shape index (κ3) is 4.12. The van der Waals surface area contributed by atoms with Gasteiger partial charge in [0.15, 0.2) is 0 Å². The number of thiazole rings is 1. The lowest BCUT2D eigenvalue weighted by Gasteiger charge is -2.25. The Morgan fingerprint density at radius 1 is 1.47 bits per heavy atom. The van der Waals surface area contributed by atoms with Crippen molar-refractivity contribution in [3.05, 3.63) is 51.1 Å². The summed E-state index contributed by atoms with van der Waals surface area (Å²) in [6.07, 6.45) is 4.47. The number of rotatable bonds is 6. The molecule has 0 fully saturated rings. The van der Waals surface area contributed by atoms with E-state index in [1.54, 1.807) is 24.7 Å².